The number of rotatable bonds is 6. The zero-order chi connectivity index (χ0) is 16.8. The third kappa shape index (κ3) is 8.97. The first-order valence-electron chi connectivity index (χ1n) is 6.90. The van der Waals surface area contributed by atoms with Gasteiger partial charge in [0.25, 0.3) is 0 Å². The van der Waals surface area contributed by atoms with Gasteiger partial charge in [0, 0.05) is 22.8 Å². The predicted octanol–water partition coefficient (Wildman–Crippen LogP) is 3.27. The third-order valence-corrected chi connectivity index (χ3v) is 4.35. The lowest BCUT2D eigenvalue weighted by atomic mass is 10.1. The summed E-state index contributed by atoms with van der Waals surface area (Å²) in [6, 6.07) is 5.21. The van der Waals surface area contributed by atoms with E-state index in [1.165, 1.54) is 6.26 Å². The van der Waals surface area contributed by atoms with Gasteiger partial charge in [-0.1, -0.05) is 29.3 Å². The molecule has 1 aromatic rings. The molecule has 0 fully saturated rings. The van der Waals surface area contributed by atoms with Crippen molar-refractivity contribution in [2.45, 2.75) is 19.9 Å². The van der Waals surface area contributed by atoms with E-state index in [-0.39, 0.29) is 42.3 Å². The van der Waals surface area contributed by atoms with Crippen molar-refractivity contribution in [2.24, 2.45) is 4.99 Å². The molecular formula is C14H22Cl2IN3O2S. The number of sulfone groups is 1. The zero-order valence-corrected chi connectivity index (χ0v) is 17.9. The van der Waals surface area contributed by atoms with Crippen LogP contribution in [0.3, 0.4) is 0 Å². The molecular weight excluding hydrogens is 472 g/mol. The summed E-state index contributed by atoms with van der Waals surface area (Å²) in [7, 11) is -3.03. The highest BCUT2D eigenvalue weighted by Crippen LogP contribution is 2.25. The third-order valence-electron chi connectivity index (χ3n) is 2.86. The van der Waals surface area contributed by atoms with E-state index >= 15 is 0 Å². The summed E-state index contributed by atoms with van der Waals surface area (Å²) < 4.78 is 22.3. The number of aliphatic imine (C=N–C) groups is 1. The molecule has 2 N–H and O–H groups in total. The smallest absolute Gasteiger partial charge is 0.191 e. The minimum absolute atomic E-state index is 0. The minimum atomic E-state index is -3.03. The Hall–Kier alpha value is -0.250. The van der Waals surface area contributed by atoms with E-state index in [1.807, 2.05) is 19.9 Å². The molecule has 0 spiro atoms. The number of hydrogen-bond acceptors (Lipinski definition) is 3. The lowest BCUT2D eigenvalue weighted by Gasteiger charge is -2.19. The van der Waals surface area contributed by atoms with Crippen LogP contribution in [0.5, 0.6) is 0 Å². The Morgan fingerprint density at radius 3 is 2.52 bits per heavy atom. The van der Waals surface area contributed by atoms with Crippen LogP contribution < -0.4 is 10.6 Å². The fourth-order valence-electron chi connectivity index (χ4n) is 1.78. The van der Waals surface area contributed by atoms with Gasteiger partial charge in [-0.15, -0.1) is 24.0 Å². The number of guanidine groups is 1. The van der Waals surface area contributed by atoms with Crippen LogP contribution in [0.1, 0.15) is 25.5 Å². The van der Waals surface area contributed by atoms with E-state index in [2.05, 4.69) is 15.6 Å². The van der Waals surface area contributed by atoms with Gasteiger partial charge in [0.1, 0.15) is 9.84 Å². The second-order valence-corrected chi connectivity index (χ2v) is 8.03. The van der Waals surface area contributed by atoms with E-state index < -0.39 is 9.84 Å². The quantitative estimate of drug-likeness (QED) is 0.362. The van der Waals surface area contributed by atoms with Gasteiger partial charge in [0.15, 0.2) is 5.96 Å². The number of nitrogens with zero attached hydrogens (tertiary/aromatic N) is 1. The largest absolute Gasteiger partial charge is 0.357 e. The average molecular weight is 494 g/mol. The maximum absolute atomic E-state index is 11.2. The summed E-state index contributed by atoms with van der Waals surface area (Å²) in [4.78, 5) is 4.26. The Labute approximate surface area is 165 Å². The van der Waals surface area contributed by atoms with Gasteiger partial charge in [0.05, 0.1) is 18.3 Å². The van der Waals surface area contributed by atoms with Crippen LogP contribution in [-0.2, 0) is 9.84 Å². The Morgan fingerprint density at radius 1 is 1.35 bits per heavy atom. The maximum atomic E-state index is 11.2. The first-order chi connectivity index (χ1) is 10.2. The topological polar surface area (TPSA) is 70.6 Å². The highest BCUT2D eigenvalue weighted by atomic mass is 127. The number of benzene rings is 1. The SMILES string of the molecule is CCNC(=NCCS(C)(=O)=O)NC(C)c1ccc(Cl)cc1Cl.I. The summed E-state index contributed by atoms with van der Waals surface area (Å²) in [6.07, 6.45) is 1.19. The number of hydrogen-bond donors (Lipinski definition) is 2. The van der Waals surface area contributed by atoms with Crippen LogP contribution in [0, 0.1) is 0 Å². The summed E-state index contributed by atoms with van der Waals surface area (Å²) in [5.74, 6) is 0.560. The molecule has 9 heteroatoms. The Balaban J connectivity index is 0.00000484. The fourth-order valence-corrected chi connectivity index (χ4v) is 2.77. The molecule has 1 unspecified atom stereocenters. The molecule has 0 radical (unpaired) electrons. The molecule has 0 aliphatic rings. The molecule has 1 rings (SSSR count). The van der Waals surface area contributed by atoms with Crippen LogP contribution in [0.2, 0.25) is 10.0 Å². The van der Waals surface area contributed by atoms with Crippen molar-refractivity contribution in [3.8, 4) is 0 Å². The molecule has 23 heavy (non-hydrogen) atoms. The van der Waals surface area contributed by atoms with E-state index in [4.69, 9.17) is 23.2 Å². The van der Waals surface area contributed by atoms with Crippen LogP contribution in [0.15, 0.2) is 23.2 Å². The van der Waals surface area contributed by atoms with Crippen molar-refractivity contribution in [1.82, 2.24) is 10.6 Å². The molecule has 0 heterocycles. The van der Waals surface area contributed by atoms with Gasteiger partial charge in [0.2, 0.25) is 0 Å². The molecule has 0 amide bonds. The first-order valence-corrected chi connectivity index (χ1v) is 9.72. The lowest BCUT2D eigenvalue weighted by Crippen LogP contribution is -2.39. The molecule has 0 aliphatic heterocycles. The molecule has 1 atom stereocenters. The van der Waals surface area contributed by atoms with E-state index in [0.717, 1.165) is 5.56 Å². The van der Waals surface area contributed by atoms with Crippen molar-refractivity contribution < 1.29 is 8.42 Å². The van der Waals surface area contributed by atoms with Crippen molar-refractivity contribution in [3.63, 3.8) is 0 Å². The Morgan fingerprint density at radius 2 is 2.00 bits per heavy atom. The van der Waals surface area contributed by atoms with Gasteiger partial charge in [-0.3, -0.25) is 4.99 Å². The number of nitrogens with one attached hydrogen (secondary N) is 2. The fraction of sp³-hybridized carbons (Fsp3) is 0.500. The first kappa shape index (κ1) is 22.8. The molecule has 0 aliphatic carbocycles. The highest BCUT2D eigenvalue weighted by molar-refractivity contribution is 14.0. The second-order valence-electron chi connectivity index (χ2n) is 4.92. The molecule has 132 valence electrons. The molecule has 0 bridgehead atoms. The molecule has 0 aromatic heterocycles. The monoisotopic (exact) mass is 493 g/mol. The van der Waals surface area contributed by atoms with Gasteiger partial charge < -0.3 is 10.6 Å². The predicted molar refractivity (Wildman–Crippen MR) is 109 cm³/mol. The summed E-state index contributed by atoms with van der Waals surface area (Å²) in [6.45, 7) is 4.76. The molecule has 0 saturated heterocycles. The maximum Gasteiger partial charge on any atom is 0.191 e. The minimum Gasteiger partial charge on any atom is -0.357 e. The van der Waals surface area contributed by atoms with E-state index in [0.29, 0.717) is 22.5 Å². The van der Waals surface area contributed by atoms with Crippen LogP contribution in [0.25, 0.3) is 0 Å². The normalized spacial score (nSPS) is 13.2. The van der Waals surface area contributed by atoms with Gasteiger partial charge in [-0.2, -0.15) is 0 Å². The van der Waals surface area contributed by atoms with E-state index in [9.17, 15) is 8.42 Å². The lowest BCUT2D eigenvalue weighted by molar-refractivity contribution is 0.601. The summed E-state index contributed by atoms with van der Waals surface area (Å²) in [5, 5.41) is 7.42. The van der Waals surface area contributed by atoms with Gasteiger partial charge in [-0.25, -0.2) is 8.42 Å². The Kier molecular flexibility index (Phi) is 10.5. The standard InChI is InChI=1S/C14H21Cl2N3O2S.HI/c1-4-17-14(18-7-8-22(3,20)21)19-10(2)12-6-5-11(15)9-13(12)16;/h5-6,9-10H,4,7-8H2,1-3H3,(H2,17,18,19);1H. The second kappa shape index (κ2) is 10.6. The average Bonchev–Trinajstić information content (AvgIpc) is 2.37. The summed E-state index contributed by atoms with van der Waals surface area (Å²) >= 11 is 12.1. The van der Waals surface area contributed by atoms with Crippen molar-refractivity contribution >= 4 is 63.0 Å². The van der Waals surface area contributed by atoms with E-state index in [1.54, 1.807) is 12.1 Å². The van der Waals surface area contributed by atoms with Crippen molar-refractivity contribution in [2.75, 3.05) is 25.1 Å². The molecule has 0 saturated carbocycles. The van der Waals surface area contributed by atoms with Crippen LogP contribution in [0.4, 0.5) is 0 Å². The van der Waals surface area contributed by atoms with Gasteiger partial charge >= 0.3 is 0 Å². The molecule has 1 aromatic carbocycles. The molecule has 5 nitrogen and oxygen atoms in total. The Bertz CT molecular complexity index is 639. The zero-order valence-electron chi connectivity index (χ0n) is 13.3. The van der Waals surface area contributed by atoms with Crippen LogP contribution >= 0.6 is 47.2 Å². The number of halogens is 3. The highest BCUT2D eigenvalue weighted by Gasteiger charge is 2.12. The van der Waals surface area contributed by atoms with Gasteiger partial charge in [-0.05, 0) is 31.5 Å². The summed E-state index contributed by atoms with van der Waals surface area (Å²) in [5.41, 5.74) is 0.889. The van der Waals surface area contributed by atoms with Crippen molar-refractivity contribution in [3.05, 3.63) is 33.8 Å². The van der Waals surface area contributed by atoms with Crippen LogP contribution in [-0.4, -0.2) is 39.5 Å². The van der Waals surface area contributed by atoms with Crippen molar-refractivity contribution in [1.29, 1.82) is 0 Å².